The molecule has 0 atom stereocenters. The molecule has 1 saturated heterocycles. The first-order valence-corrected chi connectivity index (χ1v) is 9.55. The Morgan fingerprint density at radius 2 is 1.92 bits per heavy atom. The summed E-state index contributed by atoms with van der Waals surface area (Å²) in [7, 11) is 0. The standard InChI is InChI=1S/C17H28N4O2S/c1-5-6-7-13-19-20-16(24-13)18-14(22)12-8-10-21(11-9-12)15(23)17(2,3)4/h12H,5-11H2,1-4H3,(H,18,20,22). The number of amides is 2. The van der Waals surface area contributed by atoms with Crippen molar-refractivity contribution in [3.8, 4) is 0 Å². The number of aryl methyl sites for hydroxylation is 1. The molecule has 24 heavy (non-hydrogen) atoms. The normalized spacial score (nSPS) is 16.2. The minimum atomic E-state index is -0.365. The van der Waals surface area contributed by atoms with Gasteiger partial charge in [-0.05, 0) is 19.3 Å². The summed E-state index contributed by atoms with van der Waals surface area (Å²) in [6.45, 7) is 9.22. The first-order valence-electron chi connectivity index (χ1n) is 8.74. The van der Waals surface area contributed by atoms with Crippen LogP contribution in [0.2, 0.25) is 0 Å². The minimum absolute atomic E-state index is 0.00366. The zero-order chi connectivity index (χ0) is 17.7. The SMILES string of the molecule is CCCCc1nnc(NC(=O)C2CCN(C(=O)C(C)(C)C)CC2)s1. The number of likely N-dealkylation sites (tertiary alicyclic amines) is 1. The maximum atomic E-state index is 12.4. The summed E-state index contributed by atoms with van der Waals surface area (Å²) < 4.78 is 0. The van der Waals surface area contributed by atoms with E-state index in [-0.39, 0.29) is 23.1 Å². The molecular weight excluding hydrogens is 324 g/mol. The van der Waals surface area contributed by atoms with Gasteiger partial charge in [-0.2, -0.15) is 0 Å². The van der Waals surface area contributed by atoms with Gasteiger partial charge in [0.15, 0.2) is 0 Å². The van der Waals surface area contributed by atoms with E-state index < -0.39 is 0 Å². The molecule has 0 bridgehead atoms. The van der Waals surface area contributed by atoms with E-state index in [1.165, 1.54) is 11.3 Å². The van der Waals surface area contributed by atoms with E-state index >= 15 is 0 Å². The summed E-state index contributed by atoms with van der Waals surface area (Å²) in [4.78, 5) is 26.5. The van der Waals surface area contributed by atoms with Crippen molar-refractivity contribution in [1.29, 1.82) is 0 Å². The fraction of sp³-hybridized carbons (Fsp3) is 0.765. The largest absolute Gasteiger partial charge is 0.342 e. The van der Waals surface area contributed by atoms with Crippen LogP contribution in [0.5, 0.6) is 0 Å². The average Bonchev–Trinajstić information content (AvgIpc) is 2.98. The van der Waals surface area contributed by atoms with Crippen molar-refractivity contribution in [2.75, 3.05) is 18.4 Å². The molecule has 2 amide bonds. The van der Waals surface area contributed by atoms with Crippen molar-refractivity contribution >= 4 is 28.3 Å². The van der Waals surface area contributed by atoms with Gasteiger partial charge < -0.3 is 10.2 Å². The van der Waals surface area contributed by atoms with Crippen LogP contribution in [0.1, 0.15) is 58.4 Å². The van der Waals surface area contributed by atoms with Gasteiger partial charge in [-0.1, -0.05) is 45.5 Å². The van der Waals surface area contributed by atoms with E-state index in [1.807, 2.05) is 25.7 Å². The quantitative estimate of drug-likeness (QED) is 0.883. The molecule has 1 aromatic heterocycles. The highest BCUT2D eigenvalue weighted by Crippen LogP contribution is 2.25. The Balaban J connectivity index is 1.82. The lowest BCUT2D eigenvalue weighted by Crippen LogP contribution is -2.45. The van der Waals surface area contributed by atoms with Gasteiger partial charge in [-0.15, -0.1) is 10.2 Å². The van der Waals surface area contributed by atoms with Gasteiger partial charge >= 0.3 is 0 Å². The molecule has 0 aromatic carbocycles. The molecule has 1 fully saturated rings. The Labute approximate surface area is 148 Å². The van der Waals surface area contributed by atoms with E-state index in [0.29, 0.717) is 31.1 Å². The number of piperidine rings is 1. The summed E-state index contributed by atoms with van der Waals surface area (Å²) in [6, 6.07) is 0. The number of nitrogens with one attached hydrogen (secondary N) is 1. The molecule has 134 valence electrons. The number of unbranched alkanes of at least 4 members (excludes halogenated alkanes) is 1. The van der Waals surface area contributed by atoms with Crippen LogP contribution in [0.4, 0.5) is 5.13 Å². The molecule has 0 radical (unpaired) electrons. The number of aromatic nitrogens is 2. The van der Waals surface area contributed by atoms with Crippen LogP contribution in [0, 0.1) is 11.3 Å². The molecule has 2 heterocycles. The van der Waals surface area contributed by atoms with Crippen LogP contribution in [0.25, 0.3) is 0 Å². The van der Waals surface area contributed by atoms with Crippen molar-refractivity contribution < 1.29 is 9.59 Å². The second-order valence-corrected chi connectivity index (χ2v) is 8.47. The topological polar surface area (TPSA) is 75.2 Å². The van der Waals surface area contributed by atoms with Crippen LogP contribution in [-0.4, -0.2) is 40.0 Å². The molecule has 6 nitrogen and oxygen atoms in total. The van der Waals surface area contributed by atoms with Crippen LogP contribution >= 0.6 is 11.3 Å². The predicted molar refractivity (Wildman–Crippen MR) is 95.9 cm³/mol. The fourth-order valence-corrected chi connectivity index (χ4v) is 3.54. The Morgan fingerprint density at radius 1 is 1.25 bits per heavy atom. The van der Waals surface area contributed by atoms with Gasteiger partial charge in [0.05, 0.1) is 0 Å². The van der Waals surface area contributed by atoms with Crippen molar-refractivity contribution in [3.63, 3.8) is 0 Å². The van der Waals surface area contributed by atoms with Crippen molar-refractivity contribution in [3.05, 3.63) is 5.01 Å². The van der Waals surface area contributed by atoms with Crippen LogP contribution in [-0.2, 0) is 16.0 Å². The van der Waals surface area contributed by atoms with Gasteiger partial charge in [0.25, 0.3) is 0 Å². The van der Waals surface area contributed by atoms with Gasteiger partial charge in [0.2, 0.25) is 16.9 Å². The lowest BCUT2D eigenvalue weighted by Gasteiger charge is -2.35. The molecule has 0 aliphatic carbocycles. The van der Waals surface area contributed by atoms with E-state index in [1.54, 1.807) is 0 Å². The molecule has 0 spiro atoms. The van der Waals surface area contributed by atoms with E-state index in [4.69, 9.17) is 0 Å². The van der Waals surface area contributed by atoms with Crippen LogP contribution < -0.4 is 5.32 Å². The first kappa shape index (κ1) is 18.8. The highest BCUT2D eigenvalue weighted by atomic mass is 32.1. The van der Waals surface area contributed by atoms with Gasteiger partial charge in [0, 0.05) is 30.8 Å². The van der Waals surface area contributed by atoms with Crippen molar-refractivity contribution in [1.82, 2.24) is 15.1 Å². The maximum Gasteiger partial charge on any atom is 0.229 e. The predicted octanol–water partition coefficient (Wildman–Crippen LogP) is 3.10. The number of hydrogen-bond acceptors (Lipinski definition) is 5. The summed E-state index contributed by atoms with van der Waals surface area (Å²) in [5.41, 5.74) is -0.365. The number of carbonyl (C=O) groups excluding carboxylic acids is 2. The summed E-state index contributed by atoms with van der Waals surface area (Å²) in [5.74, 6) is 0.0964. The zero-order valence-electron chi connectivity index (χ0n) is 15.1. The smallest absolute Gasteiger partial charge is 0.229 e. The molecule has 1 aromatic rings. The Hall–Kier alpha value is -1.50. The van der Waals surface area contributed by atoms with Gasteiger partial charge in [-0.25, -0.2) is 0 Å². The van der Waals surface area contributed by atoms with Crippen molar-refractivity contribution in [2.24, 2.45) is 11.3 Å². The highest BCUT2D eigenvalue weighted by Gasteiger charge is 2.32. The third-order valence-electron chi connectivity index (χ3n) is 4.24. The molecule has 2 rings (SSSR count). The Bertz CT molecular complexity index is 571. The Kier molecular flexibility index (Phi) is 6.32. The maximum absolute atomic E-state index is 12.4. The lowest BCUT2D eigenvalue weighted by molar-refractivity contribution is -0.142. The third kappa shape index (κ3) is 5.00. The van der Waals surface area contributed by atoms with Gasteiger partial charge in [-0.3, -0.25) is 9.59 Å². The first-order chi connectivity index (χ1) is 11.3. The highest BCUT2D eigenvalue weighted by molar-refractivity contribution is 7.15. The molecule has 7 heteroatoms. The van der Waals surface area contributed by atoms with Crippen LogP contribution in [0.15, 0.2) is 0 Å². The average molecular weight is 353 g/mol. The second-order valence-electron chi connectivity index (χ2n) is 7.41. The minimum Gasteiger partial charge on any atom is -0.342 e. The molecule has 0 unspecified atom stereocenters. The summed E-state index contributed by atoms with van der Waals surface area (Å²) >= 11 is 1.46. The summed E-state index contributed by atoms with van der Waals surface area (Å²) in [6.07, 6.45) is 4.53. The number of rotatable bonds is 5. The third-order valence-corrected chi connectivity index (χ3v) is 5.13. The Morgan fingerprint density at radius 3 is 2.50 bits per heavy atom. The second kappa shape index (κ2) is 8.05. The molecular formula is C17H28N4O2S. The van der Waals surface area contributed by atoms with E-state index in [9.17, 15) is 9.59 Å². The molecule has 1 aliphatic rings. The monoisotopic (exact) mass is 352 g/mol. The zero-order valence-corrected chi connectivity index (χ0v) is 15.9. The molecule has 0 saturated carbocycles. The summed E-state index contributed by atoms with van der Waals surface area (Å²) in [5, 5.41) is 12.6. The number of anilines is 1. The van der Waals surface area contributed by atoms with Crippen molar-refractivity contribution in [2.45, 2.75) is 59.8 Å². The van der Waals surface area contributed by atoms with E-state index in [2.05, 4.69) is 22.4 Å². The molecule has 1 aliphatic heterocycles. The number of hydrogen-bond donors (Lipinski definition) is 1. The molecule has 1 N–H and O–H groups in total. The number of carbonyl (C=O) groups is 2. The fourth-order valence-electron chi connectivity index (χ4n) is 2.76. The van der Waals surface area contributed by atoms with E-state index in [0.717, 1.165) is 24.3 Å². The number of nitrogens with zero attached hydrogens (tertiary/aromatic N) is 3. The van der Waals surface area contributed by atoms with Gasteiger partial charge in [0.1, 0.15) is 5.01 Å². The van der Waals surface area contributed by atoms with Crippen LogP contribution in [0.3, 0.4) is 0 Å². The lowest BCUT2D eigenvalue weighted by atomic mass is 9.91.